The van der Waals surface area contributed by atoms with Gasteiger partial charge in [0.2, 0.25) is 5.88 Å². The van der Waals surface area contributed by atoms with Gasteiger partial charge < -0.3 is 19.7 Å². The number of piperidine rings is 1. The number of amides is 1. The van der Waals surface area contributed by atoms with Crippen LogP contribution in [0.1, 0.15) is 33.6 Å². The third-order valence-corrected chi connectivity index (χ3v) is 4.68. The second-order valence-corrected chi connectivity index (χ2v) is 7.59. The Kier molecular flexibility index (Phi) is 4.51. The van der Waals surface area contributed by atoms with Crippen LogP contribution < -0.4 is 15.0 Å². The molecule has 2 aliphatic rings. The molecule has 132 valence electrons. The van der Waals surface area contributed by atoms with Crippen molar-refractivity contribution >= 4 is 11.9 Å². The summed E-state index contributed by atoms with van der Waals surface area (Å²) in [7, 11) is 1.60. The van der Waals surface area contributed by atoms with Crippen LogP contribution in [0.4, 0.5) is 10.6 Å². The number of carbonyl (C=O) groups is 1. The fraction of sp³-hybridized carbons (Fsp3) is 0.706. The molecule has 1 aliphatic carbocycles. The molecule has 7 nitrogen and oxygen atoms in total. The Morgan fingerprint density at radius 2 is 1.92 bits per heavy atom. The zero-order valence-electron chi connectivity index (χ0n) is 14.8. The minimum absolute atomic E-state index is 0.180. The quantitative estimate of drug-likeness (QED) is 0.913. The Hall–Kier alpha value is -2.05. The summed E-state index contributed by atoms with van der Waals surface area (Å²) < 4.78 is 10.6. The summed E-state index contributed by atoms with van der Waals surface area (Å²) in [6, 6.07) is 2.04. The van der Waals surface area contributed by atoms with Gasteiger partial charge in [-0.3, -0.25) is 0 Å². The lowest BCUT2D eigenvalue weighted by atomic mass is 9.92. The average molecular weight is 334 g/mol. The summed E-state index contributed by atoms with van der Waals surface area (Å²) in [6.45, 7) is 7.39. The summed E-state index contributed by atoms with van der Waals surface area (Å²) in [5.41, 5.74) is -0.471. The van der Waals surface area contributed by atoms with E-state index in [-0.39, 0.29) is 12.1 Å². The molecule has 1 aromatic heterocycles. The van der Waals surface area contributed by atoms with Crippen molar-refractivity contribution in [1.82, 2.24) is 15.3 Å². The molecule has 1 aliphatic heterocycles. The van der Waals surface area contributed by atoms with Crippen molar-refractivity contribution < 1.29 is 14.3 Å². The van der Waals surface area contributed by atoms with Crippen molar-refractivity contribution in [2.24, 2.45) is 11.8 Å². The highest BCUT2D eigenvalue weighted by atomic mass is 16.6. The lowest BCUT2D eigenvalue weighted by Crippen LogP contribution is -2.53. The van der Waals surface area contributed by atoms with Crippen molar-refractivity contribution in [2.45, 2.75) is 45.3 Å². The maximum absolute atomic E-state index is 12.1. The van der Waals surface area contributed by atoms with Gasteiger partial charge in [-0.1, -0.05) is 0 Å². The third-order valence-electron chi connectivity index (χ3n) is 4.68. The van der Waals surface area contributed by atoms with Gasteiger partial charge in [-0.05, 0) is 45.4 Å². The van der Waals surface area contributed by atoms with Crippen LogP contribution in [0.5, 0.6) is 5.88 Å². The van der Waals surface area contributed by atoms with Gasteiger partial charge in [0, 0.05) is 25.2 Å². The third kappa shape index (κ3) is 3.71. The Morgan fingerprint density at radius 3 is 2.50 bits per heavy atom. The lowest BCUT2D eigenvalue weighted by Gasteiger charge is -2.39. The van der Waals surface area contributed by atoms with Crippen LogP contribution >= 0.6 is 0 Å². The first-order chi connectivity index (χ1) is 11.4. The first-order valence-corrected chi connectivity index (χ1v) is 8.46. The highest BCUT2D eigenvalue weighted by molar-refractivity contribution is 5.68. The smallest absolute Gasteiger partial charge is 0.407 e. The van der Waals surface area contributed by atoms with Crippen molar-refractivity contribution in [3.8, 4) is 5.88 Å². The number of rotatable bonds is 3. The summed E-state index contributed by atoms with van der Waals surface area (Å²) in [5.74, 6) is 2.28. The van der Waals surface area contributed by atoms with Crippen LogP contribution in [-0.2, 0) is 4.74 Å². The van der Waals surface area contributed by atoms with E-state index in [1.54, 1.807) is 7.11 Å². The van der Waals surface area contributed by atoms with Gasteiger partial charge in [0.25, 0.3) is 0 Å². The molecule has 1 N–H and O–H groups in total. The average Bonchev–Trinajstić information content (AvgIpc) is 2.75. The number of hydrogen-bond acceptors (Lipinski definition) is 6. The predicted molar refractivity (Wildman–Crippen MR) is 90.2 cm³/mol. The number of carbonyl (C=O) groups excluding carboxylic acids is 1. The number of alkyl carbamates (subject to hydrolysis) is 1. The summed E-state index contributed by atoms with van der Waals surface area (Å²) >= 11 is 0. The second-order valence-electron chi connectivity index (χ2n) is 7.59. The number of methoxy groups -OCH3 is 1. The van der Waals surface area contributed by atoms with E-state index in [1.807, 2.05) is 26.8 Å². The fourth-order valence-electron chi connectivity index (χ4n) is 3.70. The number of anilines is 1. The molecule has 1 amide bonds. The fourth-order valence-corrected chi connectivity index (χ4v) is 3.70. The van der Waals surface area contributed by atoms with Crippen LogP contribution in [0, 0.1) is 11.8 Å². The molecule has 7 heteroatoms. The summed E-state index contributed by atoms with van der Waals surface area (Å²) in [4.78, 5) is 22.8. The Morgan fingerprint density at radius 1 is 1.25 bits per heavy atom. The van der Waals surface area contributed by atoms with E-state index in [2.05, 4.69) is 20.2 Å². The van der Waals surface area contributed by atoms with Crippen molar-refractivity contribution in [1.29, 1.82) is 0 Å². The highest BCUT2D eigenvalue weighted by Gasteiger charge is 2.43. The summed E-state index contributed by atoms with van der Waals surface area (Å²) in [6.07, 6.45) is 3.44. The SMILES string of the molecule is COc1cc(N2C[C@H]3CC[C@@H](C2)[C@@H]3NC(=O)OC(C)(C)C)ncn1. The van der Waals surface area contributed by atoms with E-state index < -0.39 is 5.60 Å². The van der Waals surface area contributed by atoms with Gasteiger partial charge >= 0.3 is 6.09 Å². The Balaban J connectivity index is 1.65. The van der Waals surface area contributed by atoms with Gasteiger partial charge in [0.05, 0.1) is 7.11 Å². The standard InChI is InChI=1S/C17H26N4O3/c1-17(2,3)24-16(22)20-15-11-5-6-12(15)9-21(8-11)13-7-14(23-4)19-10-18-13/h7,10-12,15H,5-6,8-9H2,1-4H3,(H,20,22)/t11-,12+,15-. The number of nitrogens with one attached hydrogen (secondary N) is 1. The molecule has 0 spiro atoms. The molecule has 2 fully saturated rings. The number of ether oxygens (including phenoxy) is 2. The van der Waals surface area contributed by atoms with E-state index in [0.717, 1.165) is 31.7 Å². The number of nitrogens with zero attached hydrogens (tertiary/aromatic N) is 3. The molecule has 0 unspecified atom stereocenters. The molecule has 2 bridgehead atoms. The number of fused-ring (bicyclic) bond motifs is 2. The van der Waals surface area contributed by atoms with Gasteiger partial charge in [0.15, 0.2) is 0 Å². The molecular weight excluding hydrogens is 308 g/mol. The molecule has 2 heterocycles. The van der Waals surface area contributed by atoms with Crippen molar-refractivity contribution in [2.75, 3.05) is 25.1 Å². The van der Waals surface area contributed by atoms with Crippen LogP contribution in [0.3, 0.4) is 0 Å². The minimum Gasteiger partial charge on any atom is -0.481 e. The van der Waals surface area contributed by atoms with Gasteiger partial charge in [-0.15, -0.1) is 0 Å². The van der Waals surface area contributed by atoms with E-state index in [4.69, 9.17) is 9.47 Å². The molecule has 24 heavy (non-hydrogen) atoms. The van der Waals surface area contributed by atoms with E-state index in [9.17, 15) is 4.79 Å². The normalized spacial score (nSPS) is 26.2. The van der Waals surface area contributed by atoms with E-state index in [1.165, 1.54) is 6.33 Å². The summed E-state index contributed by atoms with van der Waals surface area (Å²) in [5, 5.41) is 3.09. The van der Waals surface area contributed by atoms with E-state index >= 15 is 0 Å². The van der Waals surface area contributed by atoms with Crippen molar-refractivity contribution in [3.63, 3.8) is 0 Å². The number of hydrogen-bond donors (Lipinski definition) is 1. The monoisotopic (exact) mass is 334 g/mol. The topological polar surface area (TPSA) is 76.6 Å². The van der Waals surface area contributed by atoms with Crippen LogP contribution in [0.25, 0.3) is 0 Å². The zero-order chi connectivity index (χ0) is 17.3. The van der Waals surface area contributed by atoms with Gasteiger partial charge in [-0.25, -0.2) is 14.8 Å². The highest BCUT2D eigenvalue weighted by Crippen LogP contribution is 2.38. The first-order valence-electron chi connectivity index (χ1n) is 8.46. The molecule has 3 rings (SSSR count). The molecule has 3 atom stereocenters. The minimum atomic E-state index is -0.471. The van der Waals surface area contributed by atoms with Crippen LogP contribution in [0.2, 0.25) is 0 Å². The molecule has 1 saturated heterocycles. The predicted octanol–water partition coefficient (Wildman–Crippen LogP) is 2.22. The Bertz CT molecular complexity index is 588. The molecule has 1 saturated carbocycles. The number of aromatic nitrogens is 2. The Labute approximate surface area is 142 Å². The largest absolute Gasteiger partial charge is 0.481 e. The molecule has 1 aromatic rings. The van der Waals surface area contributed by atoms with Gasteiger partial charge in [0.1, 0.15) is 17.7 Å². The first kappa shape index (κ1) is 16.8. The van der Waals surface area contributed by atoms with Crippen LogP contribution in [-0.4, -0.2) is 47.9 Å². The molecular formula is C17H26N4O3. The lowest BCUT2D eigenvalue weighted by molar-refractivity contribution is 0.0472. The van der Waals surface area contributed by atoms with E-state index in [0.29, 0.717) is 17.7 Å². The van der Waals surface area contributed by atoms with Gasteiger partial charge in [-0.2, -0.15) is 0 Å². The zero-order valence-corrected chi connectivity index (χ0v) is 14.8. The second kappa shape index (κ2) is 6.45. The van der Waals surface area contributed by atoms with Crippen molar-refractivity contribution in [3.05, 3.63) is 12.4 Å². The maximum Gasteiger partial charge on any atom is 0.407 e. The molecule has 0 radical (unpaired) electrons. The molecule has 0 aromatic carbocycles. The maximum atomic E-state index is 12.1. The van der Waals surface area contributed by atoms with Crippen LogP contribution in [0.15, 0.2) is 12.4 Å².